The summed E-state index contributed by atoms with van der Waals surface area (Å²) in [6.45, 7) is 0. The van der Waals surface area contributed by atoms with Crippen LogP contribution in [0.1, 0.15) is 40.1 Å². The van der Waals surface area contributed by atoms with Crippen LogP contribution >= 0.6 is 0 Å². The number of hydrogen-bond acceptors (Lipinski definition) is 5. The molecule has 0 atom stereocenters. The Balaban J connectivity index is 2.29. The molecule has 1 saturated carbocycles. The van der Waals surface area contributed by atoms with Gasteiger partial charge in [-0.1, -0.05) is 0 Å². The van der Waals surface area contributed by atoms with E-state index in [1.54, 1.807) is 0 Å². The summed E-state index contributed by atoms with van der Waals surface area (Å²) in [4.78, 5) is 26.3. The number of carbonyl (C=O) groups excluding carboxylic acids is 1. The maximum atomic E-state index is 11.4. The summed E-state index contributed by atoms with van der Waals surface area (Å²) in [6.07, 6.45) is 3.00. The van der Waals surface area contributed by atoms with Gasteiger partial charge in [0.05, 0.1) is 12.7 Å². The largest absolute Gasteiger partial charge is 0.478 e. The van der Waals surface area contributed by atoms with Crippen molar-refractivity contribution in [1.82, 2.24) is 4.98 Å². The van der Waals surface area contributed by atoms with Crippen LogP contribution < -0.4 is 4.74 Å². The van der Waals surface area contributed by atoms with Crippen LogP contribution in [0, 0.1) is 0 Å². The van der Waals surface area contributed by atoms with Crippen LogP contribution in [0.5, 0.6) is 5.88 Å². The van der Waals surface area contributed by atoms with Gasteiger partial charge in [-0.2, -0.15) is 0 Å². The second-order valence-corrected chi connectivity index (χ2v) is 4.05. The van der Waals surface area contributed by atoms with E-state index >= 15 is 0 Å². The highest BCUT2D eigenvalue weighted by Crippen LogP contribution is 2.25. The molecule has 1 fully saturated rings. The highest BCUT2D eigenvalue weighted by atomic mass is 16.5. The lowest BCUT2D eigenvalue weighted by Gasteiger charge is -2.25. The fourth-order valence-electron chi connectivity index (χ4n) is 1.56. The number of rotatable bonds is 4. The van der Waals surface area contributed by atoms with Crippen molar-refractivity contribution in [3.05, 3.63) is 23.4 Å². The molecule has 1 aromatic rings. The molecule has 0 radical (unpaired) electrons. The zero-order valence-corrected chi connectivity index (χ0v) is 9.88. The lowest BCUT2D eigenvalue weighted by Crippen LogP contribution is -2.25. The van der Waals surface area contributed by atoms with Crippen molar-refractivity contribution < 1.29 is 24.2 Å². The molecule has 0 bridgehead atoms. The van der Waals surface area contributed by atoms with E-state index in [4.69, 9.17) is 9.84 Å². The third-order valence-electron chi connectivity index (χ3n) is 2.78. The minimum absolute atomic E-state index is 0.0419. The molecule has 1 heterocycles. The summed E-state index contributed by atoms with van der Waals surface area (Å²) in [5.74, 6) is -1.67. The number of nitrogens with zero attached hydrogens (tertiary/aromatic N) is 1. The van der Waals surface area contributed by atoms with Crippen LogP contribution in [0.4, 0.5) is 0 Å². The Morgan fingerprint density at radius 3 is 2.61 bits per heavy atom. The smallest absolute Gasteiger partial charge is 0.356 e. The maximum Gasteiger partial charge on any atom is 0.356 e. The summed E-state index contributed by atoms with van der Waals surface area (Å²) in [5.41, 5.74) is -0.105. The summed E-state index contributed by atoms with van der Waals surface area (Å²) in [6, 6.07) is 2.48. The first-order valence-corrected chi connectivity index (χ1v) is 5.60. The first-order valence-electron chi connectivity index (χ1n) is 5.60. The number of hydrogen-bond donors (Lipinski definition) is 1. The number of ether oxygens (including phenoxy) is 2. The molecule has 1 aliphatic rings. The predicted octanol–water partition coefficient (Wildman–Crippen LogP) is 1.50. The van der Waals surface area contributed by atoms with Gasteiger partial charge in [0, 0.05) is 6.07 Å². The summed E-state index contributed by atoms with van der Waals surface area (Å²) >= 11 is 0. The fraction of sp³-hybridized carbons (Fsp3) is 0.417. The van der Waals surface area contributed by atoms with Gasteiger partial charge in [-0.3, -0.25) is 0 Å². The first-order chi connectivity index (χ1) is 8.60. The number of esters is 1. The Morgan fingerprint density at radius 1 is 1.39 bits per heavy atom. The van der Waals surface area contributed by atoms with Gasteiger partial charge in [0.25, 0.3) is 0 Å². The van der Waals surface area contributed by atoms with Crippen molar-refractivity contribution >= 4 is 11.9 Å². The summed E-state index contributed by atoms with van der Waals surface area (Å²) in [7, 11) is 1.21. The molecule has 0 aliphatic heterocycles. The minimum Gasteiger partial charge on any atom is -0.478 e. The van der Waals surface area contributed by atoms with Crippen LogP contribution in [0.15, 0.2) is 12.1 Å². The molecule has 2 rings (SSSR count). The Morgan fingerprint density at radius 2 is 2.11 bits per heavy atom. The molecule has 18 heavy (non-hydrogen) atoms. The number of methoxy groups -OCH3 is 1. The van der Waals surface area contributed by atoms with Crippen LogP contribution in [-0.4, -0.2) is 35.2 Å². The van der Waals surface area contributed by atoms with Crippen LogP contribution in [0.2, 0.25) is 0 Å². The van der Waals surface area contributed by atoms with Crippen molar-refractivity contribution in [3.63, 3.8) is 0 Å². The quantitative estimate of drug-likeness (QED) is 0.816. The number of carboxylic acid groups (broad SMARTS) is 1. The molecule has 1 aromatic heterocycles. The SMILES string of the molecule is COC(=O)c1cc(C(=O)O)cc(OC2CCC2)n1. The molecule has 1 aliphatic carbocycles. The Kier molecular flexibility index (Phi) is 3.45. The van der Waals surface area contributed by atoms with Gasteiger partial charge in [0.2, 0.25) is 5.88 Å². The van der Waals surface area contributed by atoms with Crippen molar-refractivity contribution in [1.29, 1.82) is 0 Å². The third kappa shape index (κ3) is 2.58. The Bertz CT molecular complexity index is 481. The lowest BCUT2D eigenvalue weighted by molar-refractivity contribution is 0.0589. The van der Waals surface area contributed by atoms with E-state index in [-0.39, 0.29) is 23.2 Å². The summed E-state index contributed by atoms with van der Waals surface area (Å²) in [5, 5.41) is 8.96. The number of pyridine rings is 1. The molecule has 0 saturated heterocycles. The second kappa shape index (κ2) is 5.03. The summed E-state index contributed by atoms with van der Waals surface area (Å²) < 4.78 is 10.0. The normalized spacial score (nSPS) is 14.7. The van der Waals surface area contributed by atoms with Crippen LogP contribution in [0.25, 0.3) is 0 Å². The number of carbonyl (C=O) groups is 2. The van der Waals surface area contributed by atoms with Crippen molar-refractivity contribution in [2.24, 2.45) is 0 Å². The molecule has 0 aromatic carbocycles. The number of aromatic carboxylic acids is 1. The number of carboxylic acids is 1. The van der Waals surface area contributed by atoms with Gasteiger partial charge < -0.3 is 14.6 Å². The molecule has 6 heteroatoms. The average Bonchev–Trinajstić information content (AvgIpc) is 2.32. The molecule has 0 spiro atoms. The van der Waals surface area contributed by atoms with E-state index in [2.05, 4.69) is 9.72 Å². The van der Waals surface area contributed by atoms with E-state index in [9.17, 15) is 9.59 Å². The van der Waals surface area contributed by atoms with Gasteiger partial charge in [-0.15, -0.1) is 0 Å². The molecule has 0 amide bonds. The number of aromatic nitrogens is 1. The van der Waals surface area contributed by atoms with Gasteiger partial charge in [-0.05, 0) is 25.3 Å². The lowest BCUT2D eigenvalue weighted by atomic mass is 9.96. The highest BCUT2D eigenvalue weighted by molar-refractivity contribution is 5.93. The topological polar surface area (TPSA) is 85.7 Å². The van der Waals surface area contributed by atoms with E-state index in [1.165, 1.54) is 19.2 Å². The minimum atomic E-state index is -1.14. The maximum absolute atomic E-state index is 11.4. The average molecular weight is 251 g/mol. The van der Waals surface area contributed by atoms with Crippen molar-refractivity contribution in [3.8, 4) is 5.88 Å². The van der Waals surface area contributed by atoms with Gasteiger partial charge in [0.1, 0.15) is 6.10 Å². The zero-order valence-electron chi connectivity index (χ0n) is 9.88. The highest BCUT2D eigenvalue weighted by Gasteiger charge is 2.21. The Labute approximate surface area is 104 Å². The zero-order chi connectivity index (χ0) is 13.1. The molecule has 1 N–H and O–H groups in total. The van der Waals surface area contributed by atoms with Gasteiger partial charge in [0.15, 0.2) is 5.69 Å². The van der Waals surface area contributed by atoms with E-state index in [1.807, 2.05) is 0 Å². The third-order valence-corrected chi connectivity index (χ3v) is 2.78. The van der Waals surface area contributed by atoms with E-state index in [0.717, 1.165) is 19.3 Å². The Hall–Kier alpha value is -2.11. The fourth-order valence-corrected chi connectivity index (χ4v) is 1.56. The van der Waals surface area contributed by atoms with E-state index < -0.39 is 11.9 Å². The van der Waals surface area contributed by atoms with Crippen LogP contribution in [-0.2, 0) is 4.74 Å². The van der Waals surface area contributed by atoms with Crippen molar-refractivity contribution in [2.45, 2.75) is 25.4 Å². The molecule has 0 unspecified atom stereocenters. The monoisotopic (exact) mass is 251 g/mol. The van der Waals surface area contributed by atoms with Gasteiger partial charge in [-0.25, -0.2) is 14.6 Å². The predicted molar refractivity (Wildman–Crippen MR) is 60.8 cm³/mol. The standard InChI is InChI=1S/C12H13NO5/c1-17-12(16)9-5-7(11(14)15)6-10(13-9)18-8-3-2-4-8/h5-6,8H,2-4H2,1H3,(H,14,15). The van der Waals surface area contributed by atoms with Crippen LogP contribution in [0.3, 0.4) is 0 Å². The van der Waals surface area contributed by atoms with Crippen molar-refractivity contribution in [2.75, 3.05) is 7.11 Å². The first kappa shape index (κ1) is 12.3. The molecular weight excluding hydrogens is 238 g/mol. The molecular formula is C12H13NO5. The molecule has 96 valence electrons. The van der Waals surface area contributed by atoms with Gasteiger partial charge >= 0.3 is 11.9 Å². The van der Waals surface area contributed by atoms with E-state index in [0.29, 0.717) is 0 Å². The molecule has 6 nitrogen and oxygen atoms in total. The second-order valence-electron chi connectivity index (χ2n) is 4.05.